The van der Waals surface area contributed by atoms with Gasteiger partial charge in [0.2, 0.25) is 0 Å². The Morgan fingerprint density at radius 1 is 1.19 bits per heavy atom. The van der Waals surface area contributed by atoms with E-state index in [1.165, 1.54) is 56.1 Å². The summed E-state index contributed by atoms with van der Waals surface area (Å²) in [6, 6.07) is 7.09. The summed E-state index contributed by atoms with van der Waals surface area (Å²) in [6.07, 6.45) is 10.7. The largest absolute Gasteiger partial charge is 0.313 e. The molecule has 1 aliphatic rings. The van der Waals surface area contributed by atoms with Crippen molar-refractivity contribution in [3.63, 3.8) is 0 Å². The molecule has 0 spiro atoms. The van der Waals surface area contributed by atoms with Crippen LogP contribution in [0.5, 0.6) is 0 Å². The Hall–Kier alpha value is -0.530. The van der Waals surface area contributed by atoms with Gasteiger partial charge in [0.15, 0.2) is 0 Å². The number of hydrogen-bond acceptors (Lipinski definition) is 1. The van der Waals surface area contributed by atoms with Crippen LogP contribution in [0.1, 0.15) is 63.0 Å². The zero-order chi connectivity index (χ0) is 15.1. The van der Waals surface area contributed by atoms with Gasteiger partial charge in [-0.05, 0) is 62.3 Å². The van der Waals surface area contributed by atoms with Gasteiger partial charge >= 0.3 is 0 Å². The van der Waals surface area contributed by atoms with E-state index < -0.39 is 0 Å². The van der Waals surface area contributed by atoms with Gasteiger partial charge in [0.05, 0.1) is 0 Å². The maximum Gasteiger partial charge on any atom is 0.0441 e. The van der Waals surface area contributed by atoms with Gasteiger partial charge < -0.3 is 5.32 Å². The molecular formula is C19H30ClN. The van der Waals surface area contributed by atoms with Crippen molar-refractivity contribution in [3.8, 4) is 0 Å². The van der Waals surface area contributed by atoms with Crippen molar-refractivity contribution in [2.24, 2.45) is 5.92 Å². The second-order valence-electron chi connectivity index (χ2n) is 6.61. The SMILES string of the molecule is CCCNC(Cc1ccc(C)cc1Cl)C1CCCCCC1. The van der Waals surface area contributed by atoms with Crippen LogP contribution in [0.15, 0.2) is 18.2 Å². The van der Waals surface area contributed by atoms with E-state index in [-0.39, 0.29) is 0 Å². The van der Waals surface area contributed by atoms with E-state index in [9.17, 15) is 0 Å². The predicted molar refractivity (Wildman–Crippen MR) is 93.2 cm³/mol. The molecule has 2 heteroatoms. The smallest absolute Gasteiger partial charge is 0.0441 e. The molecule has 0 saturated heterocycles. The Bertz CT molecular complexity index is 422. The molecule has 1 nitrogen and oxygen atoms in total. The third kappa shape index (κ3) is 5.30. The molecule has 1 fully saturated rings. The minimum atomic E-state index is 0.586. The number of nitrogens with one attached hydrogen (secondary N) is 1. The van der Waals surface area contributed by atoms with E-state index in [2.05, 4.69) is 37.4 Å². The van der Waals surface area contributed by atoms with Gasteiger partial charge in [-0.25, -0.2) is 0 Å². The lowest BCUT2D eigenvalue weighted by molar-refractivity contribution is 0.317. The number of halogens is 1. The van der Waals surface area contributed by atoms with E-state index in [1.54, 1.807) is 0 Å². The molecule has 0 amide bonds. The molecule has 0 heterocycles. The zero-order valence-electron chi connectivity index (χ0n) is 13.6. The maximum atomic E-state index is 6.45. The molecule has 0 aliphatic heterocycles. The third-order valence-corrected chi connectivity index (χ3v) is 5.13. The van der Waals surface area contributed by atoms with Gasteiger partial charge in [-0.2, -0.15) is 0 Å². The fourth-order valence-electron chi connectivity index (χ4n) is 3.50. The van der Waals surface area contributed by atoms with Crippen LogP contribution in [0.3, 0.4) is 0 Å². The predicted octanol–water partition coefficient (Wildman–Crippen LogP) is 5.53. The first-order valence-corrected chi connectivity index (χ1v) is 9.07. The van der Waals surface area contributed by atoms with E-state index >= 15 is 0 Å². The molecule has 0 radical (unpaired) electrons. The van der Waals surface area contributed by atoms with Crippen LogP contribution in [0.2, 0.25) is 5.02 Å². The van der Waals surface area contributed by atoms with Crippen LogP contribution in [0, 0.1) is 12.8 Å². The highest BCUT2D eigenvalue weighted by molar-refractivity contribution is 6.31. The molecule has 1 aromatic rings. The van der Waals surface area contributed by atoms with Gasteiger partial charge in [-0.1, -0.05) is 56.3 Å². The van der Waals surface area contributed by atoms with Crippen molar-refractivity contribution in [1.82, 2.24) is 5.32 Å². The number of benzene rings is 1. The standard InChI is InChI=1S/C19H30ClN/c1-3-12-21-19(16-8-6-4-5-7-9-16)14-17-11-10-15(2)13-18(17)20/h10-11,13,16,19,21H,3-9,12,14H2,1-2H3. The molecular weight excluding hydrogens is 278 g/mol. The Balaban J connectivity index is 2.07. The highest BCUT2D eigenvalue weighted by Gasteiger charge is 2.23. The molecule has 1 aliphatic carbocycles. The van der Waals surface area contributed by atoms with Crippen LogP contribution in [0.4, 0.5) is 0 Å². The normalized spacial score (nSPS) is 18.4. The average Bonchev–Trinajstić information content (AvgIpc) is 2.74. The zero-order valence-corrected chi connectivity index (χ0v) is 14.4. The Labute approximate surface area is 135 Å². The molecule has 1 atom stereocenters. The summed E-state index contributed by atoms with van der Waals surface area (Å²) in [7, 11) is 0. The van der Waals surface area contributed by atoms with Crippen LogP contribution in [-0.2, 0) is 6.42 Å². The minimum Gasteiger partial charge on any atom is -0.313 e. The van der Waals surface area contributed by atoms with Crippen molar-refractivity contribution in [2.45, 2.75) is 71.3 Å². The summed E-state index contributed by atoms with van der Waals surface area (Å²) in [5, 5.41) is 4.74. The van der Waals surface area contributed by atoms with Gasteiger partial charge in [0.25, 0.3) is 0 Å². The fourth-order valence-corrected chi connectivity index (χ4v) is 3.82. The maximum absolute atomic E-state index is 6.45. The third-order valence-electron chi connectivity index (χ3n) is 4.77. The summed E-state index contributed by atoms with van der Waals surface area (Å²) < 4.78 is 0. The van der Waals surface area contributed by atoms with Crippen molar-refractivity contribution < 1.29 is 0 Å². The van der Waals surface area contributed by atoms with Crippen LogP contribution < -0.4 is 5.32 Å². The van der Waals surface area contributed by atoms with Crippen molar-refractivity contribution in [2.75, 3.05) is 6.54 Å². The van der Waals surface area contributed by atoms with Crippen molar-refractivity contribution >= 4 is 11.6 Å². The topological polar surface area (TPSA) is 12.0 Å². The molecule has 1 aromatic carbocycles. The molecule has 1 unspecified atom stereocenters. The van der Waals surface area contributed by atoms with Crippen LogP contribution >= 0.6 is 11.6 Å². The molecule has 0 aromatic heterocycles. The highest BCUT2D eigenvalue weighted by Crippen LogP contribution is 2.29. The van der Waals surface area contributed by atoms with Gasteiger partial charge in [-0.3, -0.25) is 0 Å². The number of hydrogen-bond donors (Lipinski definition) is 1. The number of aryl methyl sites for hydroxylation is 1. The molecule has 1 N–H and O–H groups in total. The van der Waals surface area contributed by atoms with E-state index in [0.29, 0.717) is 6.04 Å². The summed E-state index contributed by atoms with van der Waals surface area (Å²) in [6.45, 7) is 5.47. The van der Waals surface area contributed by atoms with Crippen LogP contribution in [0.25, 0.3) is 0 Å². The Morgan fingerprint density at radius 3 is 2.52 bits per heavy atom. The Morgan fingerprint density at radius 2 is 1.90 bits per heavy atom. The first-order valence-electron chi connectivity index (χ1n) is 8.69. The van der Waals surface area contributed by atoms with Crippen molar-refractivity contribution in [1.29, 1.82) is 0 Å². The lowest BCUT2D eigenvalue weighted by atomic mass is 9.87. The molecule has 2 rings (SSSR count). The molecule has 0 bridgehead atoms. The van der Waals surface area contributed by atoms with Crippen LogP contribution in [-0.4, -0.2) is 12.6 Å². The molecule has 21 heavy (non-hydrogen) atoms. The summed E-state index contributed by atoms with van der Waals surface area (Å²) in [5.74, 6) is 0.816. The van der Waals surface area contributed by atoms with Gasteiger partial charge in [0.1, 0.15) is 0 Å². The fraction of sp³-hybridized carbons (Fsp3) is 0.684. The second-order valence-corrected chi connectivity index (χ2v) is 7.02. The molecule has 118 valence electrons. The second kappa shape index (κ2) is 8.80. The first-order chi connectivity index (χ1) is 10.2. The highest BCUT2D eigenvalue weighted by atomic mass is 35.5. The summed E-state index contributed by atoms with van der Waals surface area (Å²) in [4.78, 5) is 0. The van der Waals surface area contributed by atoms with E-state index in [0.717, 1.165) is 23.9 Å². The lowest BCUT2D eigenvalue weighted by Crippen LogP contribution is -2.38. The average molecular weight is 308 g/mol. The van der Waals surface area contributed by atoms with Gasteiger partial charge in [-0.15, -0.1) is 0 Å². The summed E-state index contributed by atoms with van der Waals surface area (Å²) >= 11 is 6.45. The lowest BCUT2D eigenvalue weighted by Gasteiger charge is -2.28. The minimum absolute atomic E-state index is 0.586. The first kappa shape index (κ1) is 16.8. The van der Waals surface area contributed by atoms with Crippen molar-refractivity contribution in [3.05, 3.63) is 34.3 Å². The molecule has 1 saturated carbocycles. The van der Waals surface area contributed by atoms with Gasteiger partial charge in [0, 0.05) is 11.1 Å². The number of rotatable bonds is 6. The van der Waals surface area contributed by atoms with E-state index in [4.69, 9.17) is 11.6 Å². The summed E-state index contributed by atoms with van der Waals surface area (Å²) in [5.41, 5.74) is 2.55. The monoisotopic (exact) mass is 307 g/mol. The van der Waals surface area contributed by atoms with E-state index in [1.807, 2.05) is 0 Å². The Kier molecular flexibility index (Phi) is 7.06. The quantitative estimate of drug-likeness (QED) is 0.681.